The second kappa shape index (κ2) is 5.00. The van der Waals surface area contributed by atoms with E-state index in [1.807, 2.05) is 0 Å². The number of benzene rings is 2. The van der Waals surface area contributed by atoms with Crippen LogP contribution in [0.15, 0.2) is 36.4 Å². The van der Waals surface area contributed by atoms with Crippen molar-refractivity contribution in [3.8, 4) is 0 Å². The number of hydrogen-bond donors (Lipinski definition) is 2. The number of nitrogens with one attached hydrogen (secondary N) is 1. The zero-order chi connectivity index (χ0) is 13.1. The van der Waals surface area contributed by atoms with Crippen LogP contribution in [0, 0.1) is 17.5 Å². The molecule has 2 nitrogen and oxygen atoms in total. The van der Waals surface area contributed by atoms with Crippen molar-refractivity contribution in [1.82, 2.24) is 0 Å². The summed E-state index contributed by atoms with van der Waals surface area (Å²) < 4.78 is 39.4. The van der Waals surface area contributed by atoms with Gasteiger partial charge in [0.15, 0.2) is 0 Å². The summed E-state index contributed by atoms with van der Waals surface area (Å²) in [4.78, 5) is 0. The van der Waals surface area contributed by atoms with E-state index in [-0.39, 0.29) is 17.8 Å². The van der Waals surface area contributed by atoms with E-state index in [4.69, 9.17) is 5.73 Å². The Kier molecular flexibility index (Phi) is 3.41. The molecule has 0 aliphatic carbocycles. The summed E-state index contributed by atoms with van der Waals surface area (Å²) >= 11 is 0. The molecular formula is C13H11F3N2. The molecule has 5 heteroatoms. The second-order valence-electron chi connectivity index (χ2n) is 3.83. The Morgan fingerprint density at radius 1 is 0.944 bits per heavy atom. The molecule has 0 fully saturated rings. The van der Waals surface area contributed by atoms with Crippen LogP contribution in [0.3, 0.4) is 0 Å². The van der Waals surface area contributed by atoms with Gasteiger partial charge in [-0.05, 0) is 24.3 Å². The van der Waals surface area contributed by atoms with E-state index < -0.39 is 17.5 Å². The minimum Gasteiger partial charge on any atom is -0.399 e. The summed E-state index contributed by atoms with van der Waals surface area (Å²) in [6, 6.07) is 7.42. The molecular weight excluding hydrogens is 241 g/mol. The molecule has 0 heterocycles. The van der Waals surface area contributed by atoms with Crippen molar-refractivity contribution < 1.29 is 13.2 Å². The van der Waals surface area contributed by atoms with Crippen LogP contribution in [0.4, 0.5) is 24.5 Å². The largest absolute Gasteiger partial charge is 0.399 e. The lowest BCUT2D eigenvalue weighted by molar-refractivity contribution is 0.573. The van der Waals surface area contributed by atoms with Crippen LogP contribution in [0.5, 0.6) is 0 Å². The third-order valence-corrected chi connectivity index (χ3v) is 2.48. The summed E-state index contributed by atoms with van der Waals surface area (Å²) in [7, 11) is 0. The molecule has 0 aromatic heterocycles. The van der Waals surface area contributed by atoms with Crippen molar-refractivity contribution in [2.24, 2.45) is 0 Å². The van der Waals surface area contributed by atoms with Crippen molar-refractivity contribution in [3.05, 3.63) is 59.4 Å². The Bertz CT molecular complexity index is 519. The molecule has 2 aromatic rings. The summed E-state index contributed by atoms with van der Waals surface area (Å²) in [6.45, 7) is 0.0625. The maximum Gasteiger partial charge on any atom is 0.148 e. The molecule has 2 rings (SSSR count). The van der Waals surface area contributed by atoms with Crippen LogP contribution >= 0.6 is 0 Å². The van der Waals surface area contributed by atoms with E-state index in [0.717, 1.165) is 12.1 Å². The van der Waals surface area contributed by atoms with E-state index in [1.165, 1.54) is 24.3 Å². The molecule has 0 radical (unpaired) electrons. The van der Waals surface area contributed by atoms with Gasteiger partial charge in [0.1, 0.15) is 17.5 Å². The van der Waals surface area contributed by atoms with Gasteiger partial charge in [0.05, 0.1) is 5.69 Å². The summed E-state index contributed by atoms with van der Waals surface area (Å²) in [5.74, 6) is -1.83. The Balaban J connectivity index is 2.11. The lowest BCUT2D eigenvalue weighted by Gasteiger charge is -2.09. The van der Waals surface area contributed by atoms with E-state index >= 15 is 0 Å². The number of nitrogen functional groups attached to an aromatic ring is 1. The molecule has 0 saturated carbocycles. The zero-order valence-corrected chi connectivity index (χ0v) is 9.38. The molecule has 0 unspecified atom stereocenters. The lowest BCUT2D eigenvalue weighted by atomic mass is 10.2. The number of anilines is 2. The summed E-state index contributed by atoms with van der Waals surface area (Å²) in [5, 5.41) is 2.72. The summed E-state index contributed by atoms with van der Waals surface area (Å²) in [5.41, 5.74) is 6.19. The molecule has 0 atom stereocenters. The smallest absolute Gasteiger partial charge is 0.148 e. The number of rotatable bonds is 3. The van der Waals surface area contributed by atoms with Gasteiger partial charge in [-0.3, -0.25) is 0 Å². The van der Waals surface area contributed by atoms with E-state index in [9.17, 15) is 13.2 Å². The highest BCUT2D eigenvalue weighted by Crippen LogP contribution is 2.18. The van der Waals surface area contributed by atoms with Gasteiger partial charge in [-0.25, -0.2) is 13.2 Å². The highest BCUT2D eigenvalue weighted by atomic mass is 19.1. The highest BCUT2D eigenvalue weighted by Gasteiger charge is 2.06. The topological polar surface area (TPSA) is 38.0 Å². The molecule has 0 saturated heterocycles. The fourth-order valence-corrected chi connectivity index (χ4v) is 1.53. The standard InChI is InChI=1S/C13H11F3N2/c14-9-2-1-8(11(15)5-9)7-18-13-4-3-10(17)6-12(13)16/h1-6,18H,7,17H2. The van der Waals surface area contributed by atoms with E-state index in [1.54, 1.807) is 0 Å². The first-order valence-electron chi connectivity index (χ1n) is 5.29. The van der Waals surface area contributed by atoms with Gasteiger partial charge in [0.25, 0.3) is 0 Å². The first-order valence-corrected chi connectivity index (χ1v) is 5.29. The Morgan fingerprint density at radius 2 is 1.72 bits per heavy atom. The van der Waals surface area contributed by atoms with Gasteiger partial charge in [-0.15, -0.1) is 0 Å². The minimum absolute atomic E-state index is 0.0625. The average Bonchev–Trinajstić information content (AvgIpc) is 2.30. The minimum atomic E-state index is -0.668. The predicted molar refractivity (Wildman–Crippen MR) is 64.5 cm³/mol. The Labute approximate surface area is 102 Å². The first-order chi connectivity index (χ1) is 8.56. The normalized spacial score (nSPS) is 10.4. The van der Waals surface area contributed by atoms with Gasteiger partial charge in [0, 0.05) is 23.9 Å². The maximum absolute atomic E-state index is 13.4. The van der Waals surface area contributed by atoms with E-state index in [2.05, 4.69) is 5.32 Å². The quantitative estimate of drug-likeness (QED) is 0.822. The zero-order valence-electron chi connectivity index (χ0n) is 9.38. The molecule has 0 amide bonds. The fourth-order valence-electron chi connectivity index (χ4n) is 1.53. The van der Waals surface area contributed by atoms with Gasteiger partial charge < -0.3 is 11.1 Å². The van der Waals surface area contributed by atoms with Crippen LogP contribution in [0.25, 0.3) is 0 Å². The van der Waals surface area contributed by atoms with Crippen LogP contribution in [0.2, 0.25) is 0 Å². The molecule has 3 N–H and O–H groups in total. The lowest BCUT2D eigenvalue weighted by Crippen LogP contribution is -2.04. The van der Waals surface area contributed by atoms with Gasteiger partial charge in [0.2, 0.25) is 0 Å². The van der Waals surface area contributed by atoms with Crippen LogP contribution in [-0.4, -0.2) is 0 Å². The van der Waals surface area contributed by atoms with Crippen molar-refractivity contribution in [2.75, 3.05) is 11.1 Å². The third kappa shape index (κ3) is 2.74. The van der Waals surface area contributed by atoms with Crippen molar-refractivity contribution in [2.45, 2.75) is 6.54 Å². The van der Waals surface area contributed by atoms with E-state index in [0.29, 0.717) is 5.69 Å². The summed E-state index contributed by atoms with van der Waals surface area (Å²) in [6.07, 6.45) is 0. The molecule has 18 heavy (non-hydrogen) atoms. The molecule has 94 valence electrons. The SMILES string of the molecule is Nc1ccc(NCc2ccc(F)cc2F)c(F)c1. The monoisotopic (exact) mass is 252 g/mol. The number of halogens is 3. The molecule has 0 bridgehead atoms. The first kappa shape index (κ1) is 12.3. The maximum atomic E-state index is 13.4. The van der Waals surface area contributed by atoms with Crippen LogP contribution in [0.1, 0.15) is 5.56 Å². The second-order valence-corrected chi connectivity index (χ2v) is 3.83. The molecule has 0 spiro atoms. The highest BCUT2D eigenvalue weighted by molar-refractivity contribution is 5.52. The van der Waals surface area contributed by atoms with Crippen LogP contribution in [-0.2, 0) is 6.54 Å². The Morgan fingerprint density at radius 3 is 2.39 bits per heavy atom. The fraction of sp³-hybridized carbons (Fsp3) is 0.0769. The Hall–Kier alpha value is -2.17. The van der Waals surface area contributed by atoms with Gasteiger partial charge in [-0.1, -0.05) is 6.07 Å². The number of hydrogen-bond acceptors (Lipinski definition) is 2. The predicted octanol–water partition coefficient (Wildman–Crippen LogP) is 3.30. The van der Waals surface area contributed by atoms with Gasteiger partial charge >= 0.3 is 0 Å². The van der Waals surface area contributed by atoms with Crippen molar-refractivity contribution >= 4 is 11.4 Å². The van der Waals surface area contributed by atoms with Gasteiger partial charge in [-0.2, -0.15) is 0 Å². The molecule has 0 aliphatic heterocycles. The average molecular weight is 252 g/mol. The van der Waals surface area contributed by atoms with Crippen molar-refractivity contribution in [3.63, 3.8) is 0 Å². The van der Waals surface area contributed by atoms with Crippen LogP contribution < -0.4 is 11.1 Å². The molecule has 0 aliphatic rings. The third-order valence-electron chi connectivity index (χ3n) is 2.48. The van der Waals surface area contributed by atoms with Crippen molar-refractivity contribution in [1.29, 1.82) is 0 Å². The number of nitrogens with two attached hydrogens (primary N) is 1. The molecule has 2 aromatic carbocycles.